The van der Waals surface area contributed by atoms with E-state index in [4.69, 9.17) is 9.47 Å². The quantitative estimate of drug-likeness (QED) is 0.586. The van der Waals surface area contributed by atoms with Gasteiger partial charge in [-0.15, -0.1) is 10.2 Å². The van der Waals surface area contributed by atoms with Gasteiger partial charge >= 0.3 is 0 Å². The van der Waals surface area contributed by atoms with Gasteiger partial charge in [-0.05, 0) is 37.8 Å². The summed E-state index contributed by atoms with van der Waals surface area (Å²) < 4.78 is 10.9. The van der Waals surface area contributed by atoms with Crippen LogP contribution in [-0.4, -0.2) is 34.8 Å². The van der Waals surface area contributed by atoms with E-state index in [0.717, 1.165) is 36.5 Å². The minimum absolute atomic E-state index is 0.0242. The van der Waals surface area contributed by atoms with Crippen LogP contribution in [0.25, 0.3) is 10.8 Å². The molecule has 1 aromatic heterocycles. The third-order valence-corrected chi connectivity index (χ3v) is 4.44. The van der Waals surface area contributed by atoms with Crippen molar-refractivity contribution in [1.29, 1.82) is 0 Å². The van der Waals surface area contributed by atoms with Crippen LogP contribution in [0.5, 0.6) is 0 Å². The number of nitrogens with zero attached hydrogens (tertiary/aromatic N) is 4. The van der Waals surface area contributed by atoms with Crippen molar-refractivity contribution in [3.63, 3.8) is 0 Å². The first-order chi connectivity index (χ1) is 13.9. The van der Waals surface area contributed by atoms with Gasteiger partial charge < -0.3 is 9.47 Å². The van der Waals surface area contributed by atoms with Crippen LogP contribution in [0.2, 0.25) is 0 Å². The molecule has 2 aliphatic rings. The molecule has 2 aromatic rings. The number of nitrogens with one attached hydrogen (secondary N) is 2. The van der Waals surface area contributed by atoms with Gasteiger partial charge in [0.25, 0.3) is 0 Å². The second kappa shape index (κ2) is 8.98. The van der Waals surface area contributed by atoms with Crippen molar-refractivity contribution >= 4 is 34.8 Å². The Morgan fingerprint density at radius 3 is 1.75 bits per heavy atom. The summed E-state index contributed by atoms with van der Waals surface area (Å²) in [6.45, 7) is 0. The number of hydrogen-bond donors (Lipinski definition) is 2. The number of hydrogen-bond acceptors (Lipinski definition) is 8. The zero-order valence-electron chi connectivity index (χ0n) is 15.4. The molecule has 2 atom stereocenters. The van der Waals surface area contributed by atoms with E-state index in [-0.39, 0.29) is 12.2 Å². The Morgan fingerprint density at radius 2 is 1.32 bits per heavy atom. The number of aromatic nitrogens is 2. The monoisotopic (exact) mass is 378 g/mol. The fourth-order valence-electron chi connectivity index (χ4n) is 2.96. The zero-order valence-corrected chi connectivity index (χ0v) is 15.4. The second-order valence-corrected chi connectivity index (χ2v) is 6.47. The second-order valence-electron chi connectivity index (χ2n) is 6.47. The number of fused-ring (bicyclic) bond motifs is 1. The highest BCUT2D eigenvalue weighted by atomic mass is 16.5. The zero-order chi connectivity index (χ0) is 19.0. The number of ether oxygens (including phenoxy) is 2. The van der Waals surface area contributed by atoms with E-state index in [1.807, 2.05) is 36.4 Å². The van der Waals surface area contributed by atoms with Gasteiger partial charge in [-0.3, -0.25) is 10.9 Å². The van der Waals surface area contributed by atoms with Gasteiger partial charge in [0.2, 0.25) is 0 Å². The summed E-state index contributed by atoms with van der Waals surface area (Å²) in [5, 5.41) is 18.8. The van der Waals surface area contributed by atoms with Gasteiger partial charge in [-0.25, -0.2) is 0 Å². The molecule has 1 aromatic carbocycles. The Balaban J connectivity index is 1.46. The molecule has 4 rings (SSSR count). The molecule has 8 nitrogen and oxygen atoms in total. The Hall–Kier alpha value is -3.42. The molecular weight excluding hydrogens is 356 g/mol. The maximum atomic E-state index is 5.47. The molecule has 8 heteroatoms. The highest BCUT2D eigenvalue weighted by molar-refractivity contribution is 5.98. The van der Waals surface area contributed by atoms with Gasteiger partial charge in [0.1, 0.15) is 12.2 Å². The first kappa shape index (κ1) is 18.0. The summed E-state index contributed by atoms with van der Waals surface area (Å²) in [6.07, 6.45) is 14.7. The van der Waals surface area contributed by atoms with Gasteiger partial charge in [0.05, 0.1) is 25.0 Å². The summed E-state index contributed by atoms with van der Waals surface area (Å²) in [7, 11) is 0. The fraction of sp³-hybridized carbons (Fsp3) is 0.300. The topological polar surface area (TPSA) is 93.0 Å². The average Bonchev–Trinajstić information content (AvgIpc) is 2.76. The summed E-state index contributed by atoms with van der Waals surface area (Å²) in [6, 6.07) is 7.82. The Labute approximate surface area is 163 Å². The summed E-state index contributed by atoms with van der Waals surface area (Å²) in [5.74, 6) is 1.15. The van der Waals surface area contributed by atoms with Crippen molar-refractivity contribution < 1.29 is 9.47 Å². The van der Waals surface area contributed by atoms with Crippen molar-refractivity contribution in [3.8, 4) is 0 Å². The van der Waals surface area contributed by atoms with Crippen LogP contribution in [0.3, 0.4) is 0 Å². The molecule has 0 fully saturated rings. The van der Waals surface area contributed by atoms with Gasteiger partial charge in [-0.2, -0.15) is 10.2 Å². The van der Waals surface area contributed by atoms with E-state index in [9.17, 15) is 0 Å². The maximum absolute atomic E-state index is 5.47. The minimum Gasteiger partial charge on any atom is -0.493 e. The molecule has 0 spiro atoms. The largest absolute Gasteiger partial charge is 0.493 e. The van der Waals surface area contributed by atoms with E-state index >= 15 is 0 Å². The third kappa shape index (κ3) is 4.46. The van der Waals surface area contributed by atoms with Crippen molar-refractivity contribution in [1.82, 2.24) is 10.2 Å². The molecule has 0 unspecified atom stereocenters. The van der Waals surface area contributed by atoms with Crippen LogP contribution in [0.15, 0.2) is 59.1 Å². The summed E-state index contributed by atoms with van der Waals surface area (Å²) in [5.41, 5.74) is 5.94. The number of rotatable bonds is 6. The number of benzene rings is 1. The summed E-state index contributed by atoms with van der Waals surface area (Å²) in [4.78, 5) is 0. The van der Waals surface area contributed by atoms with Crippen LogP contribution in [0, 0.1) is 0 Å². The smallest absolute Gasteiger partial charge is 0.176 e. The van der Waals surface area contributed by atoms with Gasteiger partial charge in [-0.1, -0.05) is 24.3 Å². The van der Waals surface area contributed by atoms with Crippen molar-refractivity contribution in [2.75, 3.05) is 10.9 Å². The SMILES string of the molecule is C1=CO[C@H](/C=N\Nc2nnc(N/N=C/[C@@H]3CCC=CO3)c3ccccc23)CC1. The van der Waals surface area contributed by atoms with Crippen molar-refractivity contribution in [2.24, 2.45) is 10.2 Å². The van der Waals surface area contributed by atoms with E-state index < -0.39 is 0 Å². The molecule has 2 aliphatic heterocycles. The van der Waals surface area contributed by atoms with Crippen LogP contribution < -0.4 is 10.9 Å². The van der Waals surface area contributed by atoms with Crippen LogP contribution in [-0.2, 0) is 9.47 Å². The van der Waals surface area contributed by atoms with Gasteiger partial charge in [0, 0.05) is 10.8 Å². The number of anilines is 2. The molecule has 0 bridgehead atoms. The predicted octanol–water partition coefficient (Wildman–Crippen LogP) is 3.81. The van der Waals surface area contributed by atoms with E-state index in [1.54, 1.807) is 25.0 Å². The Kier molecular flexibility index (Phi) is 5.77. The lowest BCUT2D eigenvalue weighted by atomic mass is 10.2. The Bertz CT molecular complexity index is 850. The Morgan fingerprint density at radius 1 is 0.821 bits per heavy atom. The molecule has 0 amide bonds. The minimum atomic E-state index is -0.0242. The van der Waals surface area contributed by atoms with E-state index in [1.165, 1.54) is 0 Å². The van der Waals surface area contributed by atoms with Gasteiger partial charge in [0.15, 0.2) is 11.6 Å². The molecule has 144 valence electrons. The average molecular weight is 378 g/mol. The lowest BCUT2D eigenvalue weighted by Crippen LogP contribution is -2.15. The van der Waals surface area contributed by atoms with Crippen molar-refractivity contribution in [2.45, 2.75) is 37.9 Å². The highest BCUT2D eigenvalue weighted by Crippen LogP contribution is 2.26. The molecule has 0 saturated carbocycles. The molecule has 0 saturated heterocycles. The van der Waals surface area contributed by atoms with Crippen molar-refractivity contribution in [3.05, 3.63) is 48.9 Å². The van der Waals surface area contributed by atoms with E-state index in [2.05, 4.69) is 31.3 Å². The normalized spacial score (nSPS) is 21.7. The molecule has 28 heavy (non-hydrogen) atoms. The first-order valence-electron chi connectivity index (χ1n) is 9.35. The molecule has 0 radical (unpaired) electrons. The molecule has 3 heterocycles. The third-order valence-electron chi connectivity index (χ3n) is 4.44. The molecule has 2 N–H and O–H groups in total. The predicted molar refractivity (Wildman–Crippen MR) is 110 cm³/mol. The number of allylic oxidation sites excluding steroid dienone is 2. The number of hydrazone groups is 2. The highest BCUT2D eigenvalue weighted by Gasteiger charge is 2.11. The lowest BCUT2D eigenvalue weighted by Gasteiger charge is -2.15. The standard InChI is InChI=1S/C20H22N6O2/c1-2-10-18-17(9-1)19(23-21-13-15-7-3-5-11-27-15)25-26-20(18)24-22-14-16-8-4-6-12-28-16/h1-2,5-6,9-16H,3-4,7-8H2,(H,23,25)(H,24,26)/b21-13-,22-14+/t15-,16-/m0/s1. The fourth-order valence-corrected chi connectivity index (χ4v) is 2.96. The first-order valence-corrected chi connectivity index (χ1v) is 9.35. The maximum Gasteiger partial charge on any atom is 0.176 e. The molecule has 0 aliphatic carbocycles. The lowest BCUT2D eigenvalue weighted by molar-refractivity contribution is 0.185. The van der Waals surface area contributed by atoms with Crippen LogP contribution in [0.1, 0.15) is 25.7 Å². The summed E-state index contributed by atoms with van der Waals surface area (Å²) >= 11 is 0. The van der Waals surface area contributed by atoms with Crippen LogP contribution in [0.4, 0.5) is 11.6 Å². The van der Waals surface area contributed by atoms with Crippen LogP contribution >= 0.6 is 0 Å². The van der Waals surface area contributed by atoms with E-state index in [0.29, 0.717) is 11.6 Å². The molecular formula is C20H22N6O2.